The second-order valence-corrected chi connectivity index (χ2v) is 5.50. The monoisotopic (exact) mass is 206 g/mol. The highest BCUT2D eigenvalue weighted by Crippen LogP contribution is 2.17. The van der Waals surface area contributed by atoms with E-state index in [2.05, 4.69) is 4.98 Å². The lowest BCUT2D eigenvalue weighted by Gasteiger charge is -1.90. The third-order valence-corrected chi connectivity index (χ3v) is 3.78. The van der Waals surface area contributed by atoms with Gasteiger partial charge in [-0.25, -0.2) is 18.8 Å². The standard InChI is InChI=1S/C5H6N2O3S2/c1-12(6,10)5-7-2-3(11-5)4(8)9/h2,6H,1H3,(H,8,9). The topological polar surface area (TPSA) is 91.1 Å². The van der Waals surface area contributed by atoms with Crippen LogP contribution in [0.5, 0.6) is 0 Å². The van der Waals surface area contributed by atoms with E-state index in [1.807, 2.05) is 0 Å². The molecule has 0 aliphatic carbocycles. The van der Waals surface area contributed by atoms with Crippen LogP contribution >= 0.6 is 11.3 Å². The molecule has 0 saturated carbocycles. The number of thiazole rings is 1. The SMILES string of the molecule is CS(=N)(=O)c1ncc(C(=O)O)s1. The van der Waals surface area contributed by atoms with Crippen molar-refractivity contribution in [1.29, 1.82) is 4.78 Å². The lowest BCUT2D eigenvalue weighted by atomic mass is 10.6. The van der Waals surface area contributed by atoms with E-state index in [0.717, 1.165) is 17.5 Å². The van der Waals surface area contributed by atoms with Crippen molar-refractivity contribution in [3.63, 3.8) is 0 Å². The highest BCUT2D eigenvalue weighted by atomic mass is 32.2. The second-order valence-electron chi connectivity index (χ2n) is 2.14. The van der Waals surface area contributed by atoms with Crippen LogP contribution in [0.3, 0.4) is 0 Å². The van der Waals surface area contributed by atoms with Gasteiger partial charge in [-0.2, -0.15) is 0 Å². The maximum Gasteiger partial charge on any atom is 0.347 e. The second kappa shape index (κ2) is 2.83. The van der Waals surface area contributed by atoms with Crippen molar-refractivity contribution in [1.82, 2.24) is 4.98 Å². The Kier molecular flexibility index (Phi) is 2.16. The Labute approximate surface area is 73.0 Å². The molecule has 1 atom stereocenters. The summed E-state index contributed by atoms with van der Waals surface area (Å²) in [7, 11) is -2.87. The zero-order valence-electron chi connectivity index (χ0n) is 6.10. The molecular formula is C5H6N2O3S2. The number of carboxylic acids is 1. The first-order valence-electron chi connectivity index (χ1n) is 2.84. The van der Waals surface area contributed by atoms with Gasteiger partial charge in [0.05, 0.1) is 15.9 Å². The van der Waals surface area contributed by atoms with Crippen LogP contribution in [0.4, 0.5) is 0 Å². The molecule has 0 amide bonds. The molecule has 1 aromatic heterocycles. The molecule has 66 valence electrons. The molecule has 2 N–H and O–H groups in total. The molecular weight excluding hydrogens is 200 g/mol. The summed E-state index contributed by atoms with van der Waals surface area (Å²) in [6.45, 7) is 0. The fourth-order valence-electron chi connectivity index (χ4n) is 0.537. The van der Waals surface area contributed by atoms with E-state index in [1.54, 1.807) is 0 Å². The molecule has 0 radical (unpaired) electrons. The van der Waals surface area contributed by atoms with Crippen molar-refractivity contribution in [3.05, 3.63) is 11.1 Å². The zero-order valence-corrected chi connectivity index (χ0v) is 7.74. The van der Waals surface area contributed by atoms with Crippen molar-refractivity contribution in [2.45, 2.75) is 4.34 Å². The minimum atomic E-state index is -2.87. The maximum atomic E-state index is 11.0. The number of rotatable bonds is 2. The number of nitrogens with zero attached hydrogens (tertiary/aromatic N) is 1. The largest absolute Gasteiger partial charge is 0.477 e. The van der Waals surface area contributed by atoms with Crippen LogP contribution in [-0.4, -0.2) is 26.5 Å². The maximum absolute atomic E-state index is 11.0. The van der Waals surface area contributed by atoms with Gasteiger partial charge in [0.1, 0.15) is 4.88 Å². The summed E-state index contributed by atoms with van der Waals surface area (Å²) in [4.78, 5) is 13.9. The number of nitrogens with one attached hydrogen (secondary N) is 1. The van der Waals surface area contributed by atoms with Gasteiger partial charge in [0.25, 0.3) is 0 Å². The number of aromatic nitrogens is 1. The Hall–Kier alpha value is -0.950. The molecule has 0 saturated heterocycles. The van der Waals surface area contributed by atoms with Crippen LogP contribution in [0.15, 0.2) is 10.5 Å². The third kappa shape index (κ3) is 1.80. The van der Waals surface area contributed by atoms with Crippen LogP contribution in [0, 0.1) is 4.78 Å². The van der Waals surface area contributed by atoms with E-state index in [0.29, 0.717) is 0 Å². The van der Waals surface area contributed by atoms with E-state index in [4.69, 9.17) is 9.89 Å². The molecule has 0 aromatic carbocycles. The summed E-state index contributed by atoms with van der Waals surface area (Å²) in [6.07, 6.45) is 2.32. The van der Waals surface area contributed by atoms with E-state index < -0.39 is 15.7 Å². The van der Waals surface area contributed by atoms with Crippen molar-refractivity contribution in [2.24, 2.45) is 0 Å². The van der Waals surface area contributed by atoms with Crippen molar-refractivity contribution in [3.8, 4) is 0 Å². The van der Waals surface area contributed by atoms with E-state index in [-0.39, 0.29) is 9.22 Å². The molecule has 7 heteroatoms. The Morgan fingerprint density at radius 2 is 2.42 bits per heavy atom. The normalized spacial score (nSPS) is 15.4. The van der Waals surface area contributed by atoms with Crippen LogP contribution in [0.1, 0.15) is 9.67 Å². The smallest absolute Gasteiger partial charge is 0.347 e. The zero-order chi connectivity index (χ0) is 9.35. The predicted molar refractivity (Wildman–Crippen MR) is 44.1 cm³/mol. The van der Waals surface area contributed by atoms with E-state index in [9.17, 15) is 9.00 Å². The lowest BCUT2D eigenvalue weighted by Crippen LogP contribution is -1.92. The fourth-order valence-corrected chi connectivity index (χ4v) is 2.18. The summed E-state index contributed by atoms with van der Waals surface area (Å²) in [5.41, 5.74) is 0. The molecule has 0 fully saturated rings. The number of carboxylic acid groups (broad SMARTS) is 1. The fraction of sp³-hybridized carbons (Fsp3) is 0.200. The number of hydrogen-bond donors (Lipinski definition) is 2. The first-order chi connectivity index (χ1) is 5.41. The number of aromatic carboxylic acids is 1. The van der Waals surface area contributed by atoms with Crippen LogP contribution in [-0.2, 0) is 9.73 Å². The van der Waals surface area contributed by atoms with Gasteiger partial charge in [0.2, 0.25) is 0 Å². The Bertz CT molecular complexity index is 406. The molecule has 1 unspecified atom stereocenters. The lowest BCUT2D eigenvalue weighted by molar-refractivity contribution is 0.0702. The minimum absolute atomic E-state index is 0.00632. The molecule has 1 aromatic rings. The van der Waals surface area contributed by atoms with Gasteiger partial charge in [-0.1, -0.05) is 11.3 Å². The average Bonchev–Trinajstić information content (AvgIpc) is 2.30. The molecule has 0 bridgehead atoms. The van der Waals surface area contributed by atoms with Gasteiger partial charge in [-0.15, -0.1) is 0 Å². The third-order valence-electron chi connectivity index (χ3n) is 1.03. The molecule has 1 rings (SSSR count). The van der Waals surface area contributed by atoms with Gasteiger partial charge in [-0.05, 0) is 0 Å². The number of hydrogen-bond acceptors (Lipinski definition) is 5. The van der Waals surface area contributed by atoms with Crippen LogP contribution in [0.2, 0.25) is 0 Å². The summed E-state index contributed by atoms with van der Waals surface area (Å²) in [5.74, 6) is -1.11. The average molecular weight is 206 g/mol. The molecule has 5 nitrogen and oxygen atoms in total. The van der Waals surface area contributed by atoms with Crippen molar-refractivity contribution < 1.29 is 14.1 Å². The van der Waals surface area contributed by atoms with Crippen molar-refractivity contribution in [2.75, 3.05) is 6.26 Å². The van der Waals surface area contributed by atoms with Gasteiger partial charge < -0.3 is 5.11 Å². The highest BCUT2D eigenvalue weighted by Gasteiger charge is 2.12. The summed E-state index contributed by atoms with van der Waals surface area (Å²) < 4.78 is 18.2. The predicted octanol–water partition coefficient (Wildman–Crippen LogP) is 0.877. The van der Waals surface area contributed by atoms with Gasteiger partial charge >= 0.3 is 5.97 Å². The molecule has 12 heavy (non-hydrogen) atoms. The summed E-state index contributed by atoms with van der Waals surface area (Å²) >= 11 is 0.774. The minimum Gasteiger partial charge on any atom is -0.477 e. The van der Waals surface area contributed by atoms with E-state index >= 15 is 0 Å². The van der Waals surface area contributed by atoms with Crippen LogP contribution < -0.4 is 0 Å². The van der Waals surface area contributed by atoms with Gasteiger partial charge in [0, 0.05) is 6.26 Å². The Morgan fingerprint density at radius 1 is 1.83 bits per heavy atom. The molecule has 0 aliphatic heterocycles. The van der Waals surface area contributed by atoms with Gasteiger partial charge in [-0.3, -0.25) is 0 Å². The number of carbonyl (C=O) groups is 1. The Morgan fingerprint density at radius 3 is 2.67 bits per heavy atom. The first kappa shape index (κ1) is 9.14. The Balaban J connectivity index is 3.17. The molecule has 1 heterocycles. The van der Waals surface area contributed by atoms with E-state index in [1.165, 1.54) is 6.26 Å². The first-order valence-corrected chi connectivity index (χ1v) is 5.62. The molecule has 0 aliphatic rings. The quantitative estimate of drug-likeness (QED) is 0.751. The van der Waals surface area contributed by atoms with Crippen LogP contribution in [0.25, 0.3) is 0 Å². The molecule has 0 spiro atoms. The van der Waals surface area contributed by atoms with Crippen molar-refractivity contribution >= 4 is 27.0 Å². The van der Waals surface area contributed by atoms with Gasteiger partial charge in [0.15, 0.2) is 4.34 Å². The highest BCUT2D eigenvalue weighted by molar-refractivity contribution is 7.93. The summed E-state index contributed by atoms with van der Waals surface area (Å²) in [6, 6.07) is 0. The summed E-state index contributed by atoms with van der Waals surface area (Å²) in [5, 5.41) is 8.48.